The van der Waals surface area contributed by atoms with Crippen molar-refractivity contribution in [1.82, 2.24) is 9.88 Å². The Bertz CT molecular complexity index is 746. The Morgan fingerprint density at radius 3 is 2.67 bits per heavy atom. The molecule has 24 heavy (non-hydrogen) atoms. The quantitative estimate of drug-likeness (QED) is 0.786. The lowest BCUT2D eigenvalue weighted by Gasteiger charge is -2.30. The lowest BCUT2D eigenvalue weighted by atomic mass is 9.92. The third-order valence-electron chi connectivity index (χ3n) is 5.09. The second-order valence-electron chi connectivity index (χ2n) is 7.31. The van der Waals surface area contributed by atoms with Gasteiger partial charge in [0, 0.05) is 30.1 Å². The van der Waals surface area contributed by atoms with Gasteiger partial charge < -0.3 is 20.1 Å². The van der Waals surface area contributed by atoms with Crippen LogP contribution in [0.4, 0.5) is 0 Å². The summed E-state index contributed by atoms with van der Waals surface area (Å²) >= 11 is 0. The minimum absolute atomic E-state index is 0.0904. The Balaban J connectivity index is 1.94. The van der Waals surface area contributed by atoms with Crippen molar-refractivity contribution in [2.45, 2.75) is 32.6 Å². The van der Waals surface area contributed by atoms with E-state index in [1.54, 1.807) is 18.9 Å². The molecular weight excluding hydrogens is 304 g/mol. The first kappa shape index (κ1) is 17.0. The summed E-state index contributed by atoms with van der Waals surface area (Å²) in [6, 6.07) is 5.86. The van der Waals surface area contributed by atoms with Crippen molar-refractivity contribution in [1.29, 1.82) is 0 Å². The van der Waals surface area contributed by atoms with E-state index in [-0.39, 0.29) is 19.1 Å². The molecule has 0 radical (unpaired) electrons. The lowest BCUT2D eigenvalue weighted by Crippen LogP contribution is -2.41. The predicted molar refractivity (Wildman–Crippen MR) is 94.2 cm³/mol. The van der Waals surface area contributed by atoms with E-state index >= 15 is 0 Å². The molecule has 0 bridgehead atoms. The molecule has 0 saturated heterocycles. The number of carbonyl (C=O) groups excluding carboxylic acids is 1. The van der Waals surface area contributed by atoms with Crippen LogP contribution in [0.3, 0.4) is 0 Å². The molecule has 0 aliphatic heterocycles. The van der Waals surface area contributed by atoms with Crippen LogP contribution in [0, 0.1) is 5.41 Å². The second kappa shape index (κ2) is 6.57. The van der Waals surface area contributed by atoms with Crippen LogP contribution in [0.25, 0.3) is 10.9 Å². The number of nitrogens with zero attached hydrogens (tertiary/aromatic N) is 1. The van der Waals surface area contributed by atoms with Crippen molar-refractivity contribution >= 4 is 16.8 Å². The standard InChI is InChI=1S/C19H26N2O3/c1-19(11-22,12-23)10-21(2)18(24)15-8-5-7-14-13-6-3-4-9-16(13)20-17(14)15/h5,7-8,20,22-23H,3-4,6,9-12H2,1-2H3. The zero-order valence-electron chi connectivity index (χ0n) is 14.4. The maximum absolute atomic E-state index is 12.9. The Morgan fingerprint density at radius 2 is 1.96 bits per heavy atom. The van der Waals surface area contributed by atoms with Gasteiger partial charge >= 0.3 is 0 Å². The summed E-state index contributed by atoms with van der Waals surface area (Å²) in [6.07, 6.45) is 4.49. The molecule has 0 fully saturated rings. The van der Waals surface area contributed by atoms with E-state index in [2.05, 4.69) is 11.1 Å². The van der Waals surface area contributed by atoms with E-state index in [4.69, 9.17) is 0 Å². The molecule has 130 valence electrons. The molecule has 1 aliphatic rings. The van der Waals surface area contributed by atoms with Crippen LogP contribution in [0.1, 0.15) is 41.4 Å². The van der Waals surface area contributed by atoms with Crippen molar-refractivity contribution in [3.05, 3.63) is 35.0 Å². The normalized spacial score (nSPS) is 14.7. The van der Waals surface area contributed by atoms with Gasteiger partial charge in [-0.3, -0.25) is 4.79 Å². The van der Waals surface area contributed by atoms with E-state index in [0.29, 0.717) is 12.1 Å². The van der Waals surface area contributed by atoms with Crippen LogP contribution in [-0.2, 0) is 12.8 Å². The molecule has 1 amide bonds. The van der Waals surface area contributed by atoms with E-state index in [1.807, 2.05) is 12.1 Å². The summed E-state index contributed by atoms with van der Waals surface area (Å²) < 4.78 is 0. The third kappa shape index (κ3) is 2.94. The number of carbonyl (C=O) groups is 1. The van der Waals surface area contributed by atoms with Crippen LogP contribution < -0.4 is 0 Å². The maximum atomic E-state index is 12.9. The van der Waals surface area contributed by atoms with E-state index < -0.39 is 5.41 Å². The number of amides is 1. The van der Waals surface area contributed by atoms with Gasteiger partial charge in [0.25, 0.3) is 5.91 Å². The number of rotatable bonds is 5. The SMILES string of the molecule is CN(CC(C)(CO)CO)C(=O)c1cccc2c3c([nH]c12)CCCC3. The molecule has 1 aliphatic carbocycles. The number of aliphatic hydroxyl groups is 2. The molecule has 2 aromatic rings. The van der Waals surface area contributed by atoms with E-state index in [0.717, 1.165) is 23.7 Å². The first-order chi connectivity index (χ1) is 11.5. The average Bonchev–Trinajstić information content (AvgIpc) is 2.99. The molecule has 1 aromatic heterocycles. The fourth-order valence-electron chi connectivity index (χ4n) is 3.61. The van der Waals surface area contributed by atoms with Gasteiger partial charge in [-0.15, -0.1) is 0 Å². The monoisotopic (exact) mass is 330 g/mol. The summed E-state index contributed by atoms with van der Waals surface area (Å²) in [5.41, 5.74) is 3.48. The van der Waals surface area contributed by atoms with Crippen LogP contribution in [0.15, 0.2) is 18.2 Å². The summed E-state index contributed by atoms with van der Waals surface area (Å²) in [4.78, 5) is 18.0. The van der Waals surface area contributed by atoms with Gasteiger partial charge in [0.2, 0.25) is 0 Å². The van der Waals surface area contributed by atoms with Crippen LogP contribution in [0.2, 0.25) is 0 Å². The zero-order chi connectivity index (χ0) is 17.3. The summed E-state index contributed by atoms with van der Waals surface area (Å²) in [6.45, 7) is 1.74. The second-order valence-corrected chi connectivity index (χ2v) is 7.31. The predicted octanol–water partition coefficient (Wildman–Crippen LogP) is 2.11. The molecule has 3 N–H and O–H groups in total. The number of hydrogen-bond donors (Lipinski definition) is 3. The first-order valence-corrected chi connectivity index (χ1v) is 8.59. The van der Waals surface area contributed by atoms with Gasteiger partial charge in [0.15, 0.2) is 0 Å². The van der Waals surface area contributed by atoms with Crippen molar-refractivity contribution in [3.63, 3.8) is 0 Å². The topological polar surface area (TPSA) is 76.6 Å². The largest absolute Gasteiger partial charge is 0.396 e. The Morgan fingerprint density at radius 1 is 1.25 bits per heavy atom. The van der Waals surface area contributed by atoms with Crippen LogP contribution in [0.5, 0.6) is 0 Å². The molecule has 0 unspecified atom stereocenters. The molecule has 0 atom stereocenters. The van der Waals surface area contributed by atoms with Gasteiger partial charge in [0.1, 0.15) is 0 Å². The number of hydrogen-bond acceptors (Lipinski definition) is 3. The van der Waals surface area contributed by atoms with Crippen molar-refractivity contribution in [2.24, 2.45) is 5.41 Å². The minimum atomic E-state index is -0.701. The fraction of sp³-hybridized carbons (Fsp3) is 0.526. The van der Waals surface area contributed by atoms with Gasteiger partial charge in [-0.05, 0) is 37.3 Å². The molecule has 5 heteroatoms. The zero-order valence-corrected chi connectivity index (χ0v) is 14.4. The molecule has 0 spiro atoms. The number of nitrogens with one attached hydrogen (secondary N) is 1. The highest BCUT2D eigenvalue weighted by Gasteiger charge is 2.28. The molecule has 3 rings (SSSR count). The van der Waals surface area contributed by atoms with Crippen molar-refractivity contribution in [3.8, 4) is 0 Å². The third-order valence-corrected chi connectivity index (χ3v) is 5.09. The highest BCUT2D eigenvalue weighted by molar-refractivity contribution is 6.06. The van der Waals surface area contributed by atoms with Gasteiger partial charge in [-0.1, -0.05) is 19.1 Å². The van der Waals surface area contributed by atoms with Crippen molar-refractivity contribution < 1.29 is 15.0 Å². The van der Waals surface area contributed by atoms with Gasteiger partial charge in [0.05, 0.1) is 24.3 Å². The average molecular weight is 330 g/mol. The molecule has 1 aromatic carbocycles. The smallest absolute Gasteiger partial charge is 0.255 e. The Labute approximate surface area is 142 Å². The number of H-pyrrole nitrogens is 1. The number of benzene rings is 1. The minimum Gasteiger partial charge on any atom is -0.396 e. The summed E-state index contributed by atoms with van der Waals surface area (Å²) in [5, 5.41) is 20.1. The summed E-state index contributed by atoms with van der Waals surface area (Å²) in [7, 11) is 1.72. The Hall–Kier alpha value is -1.85. The molecule has 0 saturated carbocycles. The molecule has 5 nitrogen and oxygen atoms in total. The highest BCUT2D eigenvalue weighted by atomic mass is 16.3. The fourth-order valence-corrected chi connectivity index (χ4v) is 3.61. The number of aliphatic hydroxyl groups excluding tert-OH is 2. The van der Waals surface area contributed by atoms with Crippen LogP contribution >= 0.6 is 0 Å². The van der Waals surface area contributed by atoms with Crippen molar-refractivity contribution in [2.75, 3.05) is 26.8 Å². The highest BCUT2D eigenvalue weighted by Crippen LogP contribution is 2.31. The van der Waals surface area contributed by atoms with E-state index in [1.165, 1.54) is 24.1 Å². The van der Waals surface area contributed by atoms with Crippen LogP contribution in [-0.4, -0.2) is 52.8 Å². The number of aromatic amines is 1. The number of fused-ring (bicyclic) bond motifs is 3. The van der Waals surface area contributed by atoms with Gasteiger partial charge in [-0.2, -0.15) is 0 Å². The number of aromatic nitrogens is 1. The number of aryl methyl sites for hydroxylation is 2. The first-order valence-electron chi connectivity index (χ1n) is 8.59. The Kier molecular flexibility index (Phi) is 4.65. The maximum Gasteiger partial charge on any atom is 0.255 e. The molecule has 1 heterocycles. The summed E-state index contributed by atoms with van der Waals surface area (Å²) in [5.74, 6) is -0.0904. The van der Waals surface area contributed by atoms with Gasteiger partial charge in [-0.25, -0.2) is 0 Å². The lowest BCUT2D eigenvalue weighted by molar-refractivity contribution is 0.0367. The molecular formula is C19H26N2O3. The number of para-hydroxylation sites is 1. The van der Waals surface area contributed by atoms with E-state index in [9.17, 15) is 15.0 Å².